The lowest BCUT2D eigenvalue weighted by atomic mass is 10.2. The normalized spacial score (nSPS) is 10.4. The summed E-state index contributed by atoms with van der Waals surface area (Å²) in [6.45, 7) is 2.32. The molecule has 2 aromatic rings. The van der Waals surface area contributed by atoms with E-state index in [2.05, 4.69) is 4.98 Å². The molecule has 0 fully saturated rings. The number of hydrogen-bond acceptors (Lipinski definition) is 2. The zero-order valence-electron chi connectivity index (χ0n) is 8.85. The first-order valence-electron chi connectivity index (χ1n) is 4.93. The van der Waals surface area contributed by atoms with E-state index in [-0.39, 0.29) is 5.56 Å². The molecule has 0 atom stereocenters. The molecular formula is C12H11ClN2O. The highest BCUT2D eigenvalue weighted by molar-refractivity contribution is 6.30. The lowest BCUT2D eigenvalue weighted by Gasteiger charge is -2.05. The first-order chi connectivity index (χ1) is 7.65. The molecule has 3 nitrogen and oxygen atoms in total. The number of rotatable bonds is 2. The molecule has 0 N–H and O–H groups in total. The van der Waals surface area contributed by atoms with Crippen LogP contribution in [-0.4, -0.2) is 9.55 Å². The third-order valence-electron chi connectivity index (χ3n) is 2.28. The average molecular weight is 235 g/mol. The third kappa shape index (κ3) is 2.49. The topological polar surface area (TPSA) is 34.9 Å². The Morgan fingerprint density at radius 2 is 2.00 bits per heavy atom. The molecule has 1 heterocycles. The van der Waals surface area contributed by atoms with Gasteiger partial charge in [-0.3, -0.25) is 9.36 Å². The predicted octanol–water partition coefficient (Wildman–Crippen LogP) is 2.25. The maximum atomic E-state index is 11.6. The van der Waals surface area contributed by atoms with Gasteiger partial charge < -0.3 is 0 Å². The quantitative estimate of drug-likeness (QED) is 0.799. The second kappa shape index (κ2) is 4.49. The summed E-state index contributed by atoms with van der Waals surface area (Å²) in [6, 6.07) is 8.94. The molecule has 0 aliphatic heterocycles. The van der Waals surface area contributed by atoms with Crippen LogP contribution in [0.2, 0.25) is 5.02 Å². The summed E-state index contributed by atoms with van der Waals surface area (Å²) in [6.07, 6.45) is 1.56. The molecule has 0 bridgehead atoms. The fraction of sp³-hybridized carbons (Fsp3) is 0.167. The molecule has 4 heteroatoms. The molecule has 0 radical (unpaired) electrons. The van der Waals surface area contributed by atoms with Gasteiger partial charge in [-0.25, -0.2) is 4.98 Å². The molecule has 82 valence electrons. The minimum absolute atomic E-state index is 0.0394. The van der Waals surface area contributed by atoms with Crippen molar-refractivity contribution in [3.8, 4) is 0 Å². The van der Waals surface area contributed by atoms with E-state index in [1.54, 1.807) is 17.8 Å². The van der Waals surface area contributed by atoms with Crippen molar-refractivity contribution in [1.82, 2.24) is 9.55 Å². The molecule has 0 spiro atoms. The monoisotopic (exact) mass is 234 g/mol. The Morgan fingerprint density at radius 3 is 2.62 bits per heavy atom. The second-order valence-corrected chi connectivity index (χ2v) is 4.06. The molecule has 0 aliphatic carbocycles. The van der Waals surface area contributed by atoms with Crippen LogP contribution < -0.4 is 5.56 Å². The Morgan fingerprint density at radius 1 is 1.31 bits per heavy atom. The van der Waals surface area contributed by atoms with Crippen LogP contribution in [0.15, 0.2) is 41.5 Å². The minimum Gasteiger partial charge on any atom is -0.295 e. The molecule has 0 unspecified atom stereocenters. The van der Waals surface area contributed by atoms with Gasteiger partial charge in [-0.05, 0) is 24.6 Å². The van der Waals surface area contributed by atoms with Crippen molar-refractivity contribution in [2.24, 2.45) is 0 Å². The van der Waals surface area contributed by atoms with Gasteiger partial charge in [-0.2, -0.15) is 0 Å². The maximum Gasteiger partial charge on any atom is 0.253 e. The van der Waals surface area contributed by atoms with Gasteiger partial charge >= 0.3 is 0 Å². The van der Waals surface area contributed by atoms with Crippen LogP contribution in [0.3, 0.4) is 0 Å². The standard InChI is InChI=1S/C12H11ClN2O/c1-9-6-12(16)15(8-14-9)7-10-2-4-11(13)5-3-10/h2-6,8H,7H2,1H3. The molecule has 2 rings (SSSR count). The van der Waals surface area contributed by atoms with Gasteiger partial charge in [0.25, 0.3) is 5.56 Å². The zero-order valence-corrected chi connectivity index (χ0v) is 9.61. The summed E-state index contributed by atoms with van der Waals surface area (Å²) in [4.78, 5) is 15.7. The SMILES string of the molecule is Cc1cc(=O)n(Cc2ccc(Cl)cc2)cn1. The highest BCUT2D eigenvalue weighted by atomic mass is 35.5. The Hall–Kier alpha value is -1.61. The predicted molar refractivity (Wildman–Crippen MR) is 63.8 cm³/mol. The molecule has 1 aromatic heterocycles. The summed E-state index contributed by atoms with van der Waals surface area (Å²) >= 11 is 5.79. The molecule has 16 heavy (non-hydrogen) atoms. The van der Waals surface area contributed by atoms with Crippen LogP contribution in [0.1, 0.15) is 11.3 Å². The van der Waals surface area contributed by atoms with Crippen LogP contribution in [0, 0.1) is 6.92 Å². The van der Waals surface area contributed by atoms with Crippen molar-refractivity contribution in [3.63, 3.8) is 0 Å². The van der Waals surface area contributed by atoms with Gasteiger partial charge in [0, 0.05) is 16.8 Å². The van der Waals surface area contributed by atoms with Gasteiger partial charge in [-0.1, -0.05) is 23.7 Å². The van der Waals surface area contributed by atoms with Crippen LogP contribution in [0.5, 0.6) is 0 Å². The van der Waals surface area contributed by atoms with Crippen molar-refractivity contribution >= 4 is 11.6 Å². The van der Waals surface area contributed by atoms with Crippen molar-refractivity contribution in [2.45, 2.75) is 13.5 Å². The number of halogens is 1. The Labute approximate surface area is 98.3 Å². The lowest BCUT2D eigenvalue weighted by molar-refractivity contribution is 0.730. The average Bonchev–Trinajstić information content (AvgIpc) is 2.25. The van der Waals surface area contributed by atoms with E-state index in [4.69, 9.17) is 11.6 Å². The molecule has 0 amide bonds. The highest BCUT2D eigenvalue weighted by Crippen LogP contribution is 2.09. The number of hydrogen-bond donors (Lipinski definition) is 0. The van der Waals surface area contributed by atoms with Crippen molar-refractivity contribution in [1.29, 1.82) is 0 Å². The summed E-state index contributed by atoms with van der Waals surface area (Å²) in [5, 5.41) is 0.693. The molecule has 0 aliphatic rings. The third-order valence-corrected chi connectivity index (χ3v) is 2.53. The van der Waals surface area contributed by atoms with Crippen molar-refractivity contribution in [3.05, 3.63) is 63.3 Å². The number of aromatic nitrogens is 2. The Kier molecular flexibility index (Phi) is 3.06. The summed E-state index contributed by atoms with van der Waals surface area (Å²) in [7, 11) is 0. The Balaban J connectivity index is 2.27. The van der Waals surface area contributed by atoms with Crippen LogP contribution >= 0.6 is 11.6 Å². The second-order valence-electron chi connectivity index (χ2n) is 3.62. The first kappa shape index (κ1) is 10.9. The Bertz CT molecular complexity index is 546. The smallest absolute Gasteiger partial charge is 0.253 e. The largest absolute Gasteiger partial charge is 0.295 e. The van der Waals surface area contributed by atoms with E-state index in [9.17, 15) is 4.79 Å². The number of benzene rings is 1. The first-order valence-corrected chi connectivity index (χ1v) is 5.30. The molecule has 0 saturated carbocycles. The van der Waals surface area contributed by atoms with Crippen LogP contribution in [0.4, 0.5) is 0 Å². The van der Waals surface area contributed by atoms with E-state index in [1.807, 2.05) is 24.3 Å². The van der Waals surface area contributed by atoms with Gasteiger partial charge in [0.15, 0.2) is 0 Å². The van der Waals surface area contributed by atoms with Gasteiger partial charge in [0.05, 0.1) is 12.9 Å². The van der Waals surface area contributed by atoms with Gasteiger partial charge in [0.2, 0.25) is 0 Å². The summed E-state index contributed by atoms with van der Waals surface area (Å²) < 4.78 is 1.57. The highest BCUT2D eigenvalue weighted by Gasteiger charge is 1.98. The summed E-state index contributed by atoms with van der Waals surface area (Å²) in [5.74, 6) is 0. The van der Waals surface area contributed by atoms with Crippen molar-refractivity contribution in [2.75, 3.05) is 0 Å². The van der Waals surface area contributed by atoms with Gasteiger partial charge in [-0.15, -0.1) is 0 Å². The van der Waals surface area contributed by atoms with E-state index >= 15 is 0 Å². The minimum atomic E-state index is -0.0394. The van der Waals surface area contributed by atoms with E-state index in [0.717, 1.165) is 11.3 Å². The van der Waals surface area contributed by atoms with E-state index in [0.29, 0.717) is 11.6 Å². The zero-order chi connectivity index (χ0) is 11.5. The van der Waals surface area contributed by atoms with Crippen LogP contribution in [-0.2, 0) is 6.54 Å². The van der Waals surface area contributed by atoms with Gasteiger partial charge in [0.1, 0.15) is 0 Å². The number of nitrogens with zero attached hydrogens (tertiary/aromatic N) is 2. The van der Waals surface area contributed by atoms with Crippen LogP contribution in [0.25, 0.3) is 0 Å². The fourth-order valence-electron chi connectivity index (χ4n) is 1.42. The lowest BCUT2D eigenvalue weighted by Crippen LogP contribution is -2.20. The molecular weight excluding hydrogens is 224 g/mol. The van der Waals surface area contributed by atoms with E-state index in [1.165, 1.54) is 6.07 Å². The fourth-order valence-corrected chi connectivity index (χ4v) is 1.55. The maximum absolute atomic E-state index is 11.6. The summed E-state index contributed by atoms with van der Waals surface area (Å²) in [5.41, 5.74) is 1.72. The number of aryl methyl sites for hydroxylation is 1. The molecule has 1 aromatic carbocycles. The molecule has 0 saturated heterocycles. The van der Waals surface area contributed by atoms with Crippen molar-refractivity contribution < 1.29 is 0 Å². The van der Waals surface area contributed by atoms with E-state index < -0.39 is 0 Å².